The van der Waals surface area contributed by atoms with Crippen LogP contribution in [0.15, 0.2) is 42.9 Å². The Morgan fingerprint density at radius 3 is 2.28 bits per heavy atom. The van der Waals surface area contributed by atoms with E-state index in [0.717, 1.165) is 19.3 Å². The van der Waals surface area contributed by atoms with Gasteiger partial charge >= 0.3 is 7.60 Å². The van der Waals surface area contributed by atoms with Crippen LogP contribution in [0, 0.1) is 23.7 Å². The van der Waals surface area contributed by atoms with Gasteiger partial charge in [0.05, 0.1) is 37.2 Å². The topological polar surface area (TPSA) is 271 Å². The number of aromatic amines is 1. The van der Waals surface area contributed by atoms with Crippen molar-refractivity contribution in [1.82, 2.24) is 25.5 Å². The second-order valence-electron chi connectivity index (χ2n) is 15.4. The van der Waals surface area contributed by atoms with Crippen LogP contribution in [0.4, 0.5) is 0 Å². The molecule has 2 aromatic rings. The number of primary amides is 1. The summed E-state index contributed by atoms with van der Waals surface area (Å²) in [5.74, 6) is -7.28. The van der Waals surface area contributed by atoms with Gasteiger partial charge in [-0.3, -0.25) is 33.3 Å². The minimum Gasteiger partial charge on any atom is -0.394 e. The zero-order valence-corrected chi connectivity index (χ0v) is 34.1. The fraction of sp³-hybridized carbons (Fsp3) is 0.615. The summed E-state index contributed by atoms with van der Waals surface area (Å²) in [6.45, 7) is 6.31. The maximum atomic E-state index is 14.0. The highest BCUT2D eigenvalue weighted by Crippen LogP contribution is 2.39. The van der Waals surface area contributed by atoms with Gasteiger partial charge in [0.2, 0.25) is 23.6 Å². The summed E-state index contributed by atoms with van der Waals surface area (Å²) in [7, 11) is -4.55. The Labute approximate surface area is 333 Å². The number of Topliss-reactive ketones (excluding diaryl/α,β-unsaturated/α-hetero) is 2. The van der Waals surface area contributed by atoms with Gasteiger partial charge in [-0.2, -0.15) is 0 Å². The number of benzene rings is 1. The van der Waals surface area contributed by atoms with E-state index in [1.807, 2.05) is 32.0 Å². The molecule has 3 rings (SSSR count). The average Bonchev–Trinajstić information content (AvgIpc) is 3.82. The molecular weight excluding hydrogens is 759 g/mol. The van der Waals surface area contributed by atoms with Crippen LogP contribution in [0.1, 0.15) is 77.5 Å². The third kappa shape index (κ3) is 15.9. The standard InChI is InChI=1S/C39H59N6O11P/c1-24(2)14-32(43-39(52)34-17-30(20-45(34)26(4)47)56-13-9-8-12-27-10-6-5-7-11-27)35(48)16-28(15-29-19-41-23-42-29)38(51)44-33(21-46)36(49)18-31(37(40)50)25(3)22-57(53,54)55/h5-7,10-11,19,23-25,28,30-34,46H,8-9,12-18,20-22H2,1-4H3,(H2,40,50)(H,41,42)(H,43,52)(H,44,51)(H2,53,54,55)/t25-,28+,30-,31-,32-,33-,34-/m0/s1. The number of amides is 4. The normalized spacial score (nSPS) is 18.4. The predicted molar refractivity (Wildman–Crippen MR) is 209 cm³/mol. The number of carbonyl (C=O) groups is 6. The summed E-state index contributed by atoms with van der Waals surface area (Å²) in [5.41, 5.74) is 7.17. The van der Waals surface area contributed by atoms with Gasteiger partial charge in [-0.25, -0.2) is 4.98 Å². The van der Waals surface area contributed by atoms with Gasteiger partial charge in [-0.05, 0) is 43.1 Å². The van der Waals surface area contributed by atoms with Gasteiger partial charge in [0.25, 0.3) is 0 Å². The van der Waals surface area contributed by atoms with Crippen LogP contribution in [0.5, 0.6) is 0 Å². The molecule has 316 valence electrons. The molecule has 0 bridgehead atoms. The van der Waals surface area contributed by atoms with Gasteiger partial charge in [0.15, 0.2) is 11.6 Å². The quantitative estimate of drug-likeness (QED) is 0.0554. The van der Waals surface area contributed by atoms with Crippen LogP contribution >= 0.6 is 7.60 Å². The minimum absolute atomic E-state index is 0.0272. The van der Waals surface area contributed by atoms with Gasteiger partial charge in [-0.1, -0.05) is 51.1 Å². The Morgan fingerprint density at radius 1 is 1.02 bits per heavy atom. The Bertz CT molecular complexity index is 1690. The van der Waals surface area contributed by atoms with Crippen molar-refractivity contribution in [2.75, 3.05) is 25.9 Å². The fourth-order valence-electron chi connectivity index (χ4n) is 7.12. The summed E-state index contributed by atoms with van der Waals surface area (Å²) in [6, 6.07) is 6.69. The van der Waals surface area contributed by atoms with Crippen LogP contribution in [-0.4, -0.2) is 115 Å². The molecule has 1 saturated heterocycles. The number of nitrogens with two attached hydrogens (primary N) is 1. The fourth-order valence-corrected chi connectivity index (χ4v) is 8.12. The third-order valence-corrected chi connectivity index (χ3v) is 11.2. The second kappa shape index (κ2) is 22.6. The van der Waals surface area contributed by atoms with E-state index in [-0.39, 0.29) is 50.2 Å². The van der Waals surface area contributed by atoms with Gasteiger partial charge in [-0.15, -0.1) is 0 Å². The van der Waals surface area contributed by atoms with Crippen LogP contribution in [0.3, 0.4) is 0 Å². The Hall–Kier alpha value is -4.28. The SMILES string of the molecule is CC(=O)N1C[C@@H](OCCCCc2ccccc2)C[C@H]1C(=O)N[C@@H](CC(C)C)C(=O)C[C@@H](Cc1cnc[nH]1)C(=O)N[C@@H](CO)C(=O)C[C@H](C(N)=O)[C@@H](C)CP(=O)(O)O. The van der Waals surface area contributed by atoms with E-state index in [1.54, 1.807) is 0 Å². The van der Waals surface area contributed by atoms with Crippen LogP contribution < -0.4 is 16.4 Å². The highest BCUT2D eigenvalue weighted by molar-refractivity contribution is 7.51. The van der Waals surface area contributed by atoms with Gasteiger partial charge < -0.3 is 45.9 Å². The highest BCUT2D eigenvalue weighted by Gasteiger charge is 2.41. The van der Waals surface area contributed by atoms with Crippen molar-refractivity contribution in [2.45, 2.75) is 103 Å². The Kier molecular flexibility index (Phi) is 18.7. The van der Waals surface area contributed by atoms with Crippen LogP contribution in [0.25, 0.3) is 0 Å². The molecule has 2 heterocycles. The number of rotatable bonds is 25. The van der Waals surface area contributed by atoms with E-state index >= 15 is 0 Å². The van der Waals surface area contributed by atoms with E-state index in [2.05, 4.69) is 32.7 Å². The summed E-state index contributed by atoms with van der Waals surface area (Å²) in [6.07, 6.45) is 3.90. The smallest absolute Gasteiger partial charge is 0.325 e. The predicted octanol–water partition coefficient (Wildman–Crippen LogP) is 1.44. The molecule has 1 aromatic carbocycles. The molecule has 0 saturated carbocycles. The lowest BCUT2D eigenvalue weighted by Crippen LogP contribution is -2.52. The number of likely N-dealkylation sites (tertiary alicyclic amines) is 1. The number of aliphatic hydroxyl groups is 1. The highest BCUT2D eigenvalue weighted by atomic mass is 31.2. The van der Waals surface area contributed by atoms with Gasteiger partial charge in [0.1, 0.15) is 12.1 Å². The zero-order chi connectivity index (χ0) is 42.3. The molecule has 0 radical (unpaired) electrons. The number of hydrogen-bond acceptors (Lipinski definition) is 10. The van der Waals surface area contributed by atoms with E-state index in [4.69, 9.17) is 10.5 Å². The van der Waals surface area contributed by atoms with Crippen molar-refractivity contribution in [2.24, 2.45) is 29.4 Å². The molecule has 1 aliphatic heterocycles. The van der Waals surface area contributed by atoms with Crippen molar-refractivity contribution in [1.29, 1.82) is 0 Å². The number of hydrogen-bond donors (Lipinski definition) is 7. The van der Waals surface area contributed by atoms with Crippen molar-refractivity contribution < 1.29 is 53.0 Å². The molecule has 57 heavy (non-hydrogen) atoms. The van der Waals surface area contributed by atoms with Crippen LogP contribution in [-0.2, 0) is 50.9 Å². The Balaban J connectivity index is 1.69. The minimum atomic E-state index is -4.55. The lowest BCUT2D eigenvalue weighted by atomic mass is 9.87. The molecular formula is C39H59N6O11P. The summed E-state index contributed by atoms with van der Waals surface area (Å²) >= 11 is 0. The molecule has 8 N–H and O–H groups in total. The number of H-pyrrole nitrogens is 1. The first kappa shape index (κ1) is 47.1. The molecule has 18 heteroatoms. The number of nitrogens with zero attached hydrogens (tertiary/aromatic N) is 2. The van der Waals surface area contributed by atoms with Crippen molar-refractivity contribution in [3.63, 3.8) is 0 Å². The van der Waals surface area contributed by atoms with Crippen molar-refractivity contribution >= 4 is 42.8 Å². The summed E-state index contributed by atoms with van der Waals surface area (Å²) in [5, 5.41) is 15.4. The Morgan fingerprint density at radius 2 is 1.70 bits per heavy atom. The monoisotopic (exact) mass is 818 g/mol. The molecule has 0 unspecified atom stereocenters. The molecule has 7 atom stereocenters. The maximum absolute atomic E-state index is 14.0. The maximum Gasteiger partial charge on any atom is 0.325 e. The third-order valence-electron chi connectivity index (χ3n) is 10.2. The summed E-state index contributed by atoms with van der Waals surface area (Å²) < 4.78 is 17.6. The van der Waals surface area contributed by atoms with Crippen molar-refractivity contribution in [3.05, 3.63) is 54.1 Å². The van der Waals surface area contributed by atoms with E-state index in [1.165, 1.54) is 36.8 Å². The largest absolute Gasteiger partial charge is 0.394 e. The molecule has 1 aromatic heterocycles. The van der Waals surface area contributed by atoms with E-state index in [0.29, 0.717) is 12.3 Å². The van der Waals surface area contributed by atoms with Crippen molar-refractivity contribution in [3.8, 4) is 0 Å². The first-order chi connectivity index (χ1) is 26.9. The zero-order valence-electron chi connectivity index (χ0n) is 33.2. The number of nitrogens with one attached hydrogen (secondary N) is 3. The molecule has 4 amide bonds. The average molecular weight is 819 g/mol. The molecule has 1 aliphatic rings. The second-order valence-corrected chi connectivity index (χ2v) is 17.1. The van der Waals surface area contributed by atoms with Crippen LogP contribution in [0.2, 0.25) is 0 Å². The first-order valence-corrected chi connectivity index (χ1v) is 21.2. The number of imidazole rings is 1. The number of carbonyl (C=O) groups excluding carboxylic acids is 6. The van der Waals surface area contributed by atoms with E-state index < -0.39 is 92.0 Å². The lowest BCUT2D eigenvalue weighted by Gasteiger charge is -2.27. The number of ether oxygens (including phenoxy) is 1. The van der Waals surface area contributed by atoms with Gasteiger partial charge in [0, 0.05) is 63.6 Å². The first-order valence-electron chi connectivity index (χ1n) is 19.4. The number of aliphatic hydroxyl groups excluding tert-OH is 1. The lowest BCUT2D eigenvalue weighted by molar-refractivity contribution is -0.138. The molecule has 17 nitrogen and oxygen atoms in total. The molecule has 0 aliphatic carbocycles. The number of ketones is 2. The summed E-state index contributed by atoms with van der Waals surface area (Å²) in [4.78, 5) is 107. The number of unbranched alkanes of at least 4 members (excludes halogenated alkanes) is 1. The molecule has 1 fully saturated rings. The molecule has 0 spiro atoms. The number of aryl methyl sites for hydroxylation is 1. The number of aromatic nitrogens is 2. The van der Waals surface area contributed by atoms with E-state index in [9.17, 15) is 48.2 Å².